The number of amides is 1. The van der Waals surface area contributed by atoms with E-state index in [2.05, 4.69) is 22.1 Å². The lowest BCUT2D eigenvalue weighted by atomic mass is 10.0. The van der Waals surface area contributed by atoms with E-state index in [1.54, 1.807) is 12.3 Å². The van der Waals surface area contributed by atoms with E-state index in [-0.39, 0.29) is 11.7 Å². The minimum absolute atomic E-state index is 0.126. The highest BCUT2D eigenvalue weighted by Gasteiger charge is 2.23. The van der Waals surface area contributed by atoms with Gasteiger partial charge in [-0.25, -0.2) is 4.68 Å². The van der Waals surface area contributed by atoms with Crippen molar-refractivity contribution in [2.24, 2.45) is 0 Å². The van der Waals surface area contributed by atoms with Crippen molar-refractivity contribution in [3.8, 4) is 17.1 Å². The molecule has 0 spiro atoms. The number of allylic oxidation sites excluding steroid dienone is 1. The Labute approximate surface area is 208 Å². The van der Waals surface area contributed by atoms with E-state index >= 15 is 0 Å². The largest absolute Gasteiger partial charge is 0.469 e. The van der Waals surface area contributed by atoms with Gasteiger partial charge in [-0.1, -0.05) is 48.9 Å². The van der Waals surface area contributed by atoms with Gasteiger partial charge in [-0.05, 0) is 38.0 Å². The molecule has 0 atom stereocenters. The number of carbonyl (C=O) groups excluding carboxylic acids is 1. The zero-order valence-corrected chi connectivity index (χ0v) is 20.5. The first-order valence-corrected chi connectivity index (χ1v) is 12.8. The highest BCUT2D eigenvalue weighted by Crippen LogP contribution is 2.35. The average Bonchev–Trinajstić information content (AvgIpc) is 3.66. The second-order valence-electron chi connectivity index (χ2n) is 8.62. The van der Waals surface area contributed by atoms with Gasteiger partial charge in [0.1, 0.15) is 11.6 Å². The molecule has 35 heavy (non-hydrogen) atoms. The summed E-state index contributed by atoms with van der Waals surface area (Å²) in [5, 5.41) is 17.2. The third-order valence-corrected chi connectivity index (χ3v) is 7.20. The number of aromatic nitrogens is 5. The number of hydrogen-bond donors (Lipinski definition) is 1. The lowest BCUT2D eigenvalue weighted by molar-refractivity contribution is -0.113. The smallest absolute Gasteiger partial charge is 0.236 e. The molecule has 8 nitrogen and oxygen atoms in total. The Morgan fingerprint density at radius 3 is 2.74 bits per heavy atom. The summed E-state index contributed by atoms with van der Waals surface area (Å²) in [6, 6.07) is 13.8. The minimum atomic E-state index is -0.126. The number of carbonyl (C=O) groups is 1. The molecular formula is C26H28N6O2S. The van der Waals surface area contributed by atoms with Crippen molar-refractivity contribution in [1.82, 2.24) is 24.5 Å². The standard InChI is InChI=1S/C26H28N6O2S/c1-3-14-31-25(21-13-15-34-18(21)2)28-29-26(31)35-17-24(33)27-23-16-22(19-9-7-8-10-19)30-32(23)20-11-5-4-6-12-20/h3-6,11-13,15-16,19H,1,7-10,14,17H2,2H3,(H,27,33). The number of nitrogens with zero attached hydrogens (tertiary/aromatic N) is 5. The van der Waals surface area contributed by atoms with E-state index in [9.17, 15) is 4.79 Å². The highest BCUT2D eigenvalue weighted by atomic mass is 32.2. The zero-order valence-electron chi connectivity index (χ0n) is 19.7. The Morgan fingerprint density at radius 1 is 1.23 bits per heavy atom. The number of furan rings is 1. The summed E-state index contributed by atoms with van der Waals surface area (Å²) in [6.45, 7) is 6.27. The summed E-state index contributed by atoms with van der Waals surface area (Å²) >= 11 is 1.34. The number of nitrogens with one attached hydrogen (secondary N) is 1. The maximum absolute atomic E-state index is 13.0. The van der Waals surface area contributed by atoms with Gasteiger partial charge >= 0.3 is 0 Å². The van der Waals surface area contributed by atoms with Gasteiger partial charge in [0, 0.05) is 18.5 Å². The van der Waals surface area contributed by atoms with Crippen molar-refractivity contribution >= 4 is 23.5 Å². The van der Waals surface area contributed by atoms with E-state index in [1.807, 2.05) is 58.6 Å². The van der Waals surface area contributed by atoms with Gasteiger partial charge in [0.15, 0.2) is 11.0 Å². The summed E-state index contributed by atoms with van der Waals surface area (Å²) in [7, 11) is 0. The zero-order chi connectivity index (χ0) is 24.2. The number of aryl methyl sites for hydroxylation is 1. The topological polar surface area (TPSA) is 90.8 Å². The van der Waals surface area contributed by atoms with Crippen LogP contribution in [0.25, 0.3) is 17.1 Å². The lowest BCUT2D eigenvalue weighted by Gasteiger charge is -2.09. The van der Waals surface area contributed by atoms with Crippen LogP contribution in [-0.4, -0.2) is 36.2 Å². The maximum atomic E-state index is 13.0. The van der Waals surface area contributed by atoms with Crippen molar-refractivity contribution in [3.63, 3.8) is 0 Å². The molecule has 0 unspecified atom stereocenters. The van der Waals surface area contributed by atoms with Crippen LogP contribution in [0, 0.1) is 6.92 Å². The molecular weight excluding hydrogens is 460 g/mol. The second kappa shape index (κ2) is 10.4. The van der Waals surface area contributed by atoms with Crippen molar-refractivity contribution in [2.75, 3.05) is 11.1 Å². The Morgan fingerprint density at radius 2 is 2.03 bits per heavy atom. The van der Waals surface area contributed by atoms with Gasteiger partial charge in [-0.2, -0.15) is 5.10 Å². The molecule has 3 aromatic heterocycles. The number of rotatable bonds is 9. The first-order chi connectivity index (χ1) is 17.1. The van der Waals surface area contributed by atoms with E-state index in [0.717, 1.165) is 35.5 Å². The van der Waals surface area contributed by atoms with E-state index in [1.165, 1.54) is 24.6 Å². The fourth-order valence-electron chi connectivity index (χ4n) is 4.49. The Bertz CT molecular complexity index is 1320. The van der Waals surface area contributed by atoms with E-state index < -0.39 is 0 Å². The van der Waals surface area contributed by atoms with Crippen LogP contribution < -0.4 is 5.32 Å². The van der Waals surface area contributed by atoms with Crippen LogP contribution in [0.3, 0.4) is 0 Å². The molecule has 1 saturated carbocycles. The molecule has 4 aromatic rings. The van der Waals surface area contributed by atoms with Gasteiger partial charge in [0.25, 0.3) is 0 Å². The summed E-state index contributed by atoms with van der Waals surface area (Å²) in [5.74, 6) is 2.67. The Kier molecular flexibility index (Phi) is 6.85. The van der Waals surface area contributed by atoms with Crippen LogP contribution in [0.2, 0.25) is 0 Å². The summed E-state index contributed by atoms with van der Waals surface area (Å²) in [4.78, 5) is 13.0. The third kappa shape index (κ3) is 4.95. The monoisotopic (exact) mass is 488 g/mol. The molecule has 1 N–H and O–H groups in total. The molecule has 0 aliphatic heterocycles. The fraction of sp³-hybridized carbons (Fsp3) is 0.308. The first kappa shape index (κ1) is 23.2. The van der Waals surface area contributed by atoms with Crippen LogP contribution >= 0.6 is 11.8 Å². The van der Waals surface area contributed by atoms with E-state index in [4.69, 9.17) is 9.52 Å². The summed E-state index contributed by atoms with van der Waals surface area (Å²) < 4.78 is 9.20. The molecule has 1 amide bonds. The Balaban J connectivity index is 1.33. The van der Waals surface area contributed by atoms with Crippen LogP contribution in [0.5, 0.6) is 0 Å². The van der Waals surface area contributed by atoms with Gasteiger partial charge in [-0.3, -0.25) is 9.36 Å². The summed E-state index contributed by atoms with van der Waals surface area (Å²) in [5.41, 5.74) is 2.84. The molecule has 3 heterocycles. The van der Waals surface area contributed by atoms with Gasteiger partial charge in [0.05, 0.1) is 29.0 Å². The molecule has 0 saturated heterocycles. The van der Waals surface area contributed by atoms with Crippen LogP contribution in [-0.2, 0) is 11.3 Å². The van der Waals surface area contributed by atoms with Crippen LogP contribution in [0.1, 0.15) is 43.1 Å². The van der Waals surface area contributed by atoms with Gasteiger partial charge in [0.2, 0.25) is 5.91 Å². The van der Waals surface area contributed by atoms with Crippen molar-refractivity contribution < 1.29 is 9.21 Å². The molecule has 1 aliphatic carbocycles. The SMILES string of the molecule is C=CCn1c(SCC(=O)Nc2cc(C3CCCC3)nn2-c2ccccc2)nnc1-c1ccoc1C. The van der Waals surface area contributed by atoms with Crippen LogP contribution in [0.4, 0.5) is 5.82 Å². The molecule has 0 radical (unpaired) electrons. The van der Waals surface area contributed by atoms with Gasteiger partial charge in [-0.15, -0.1) is 16.8 Å². The number of thioether (sulfide) groups is 1. The van der Waals surface area contributed by atoms with Crippen LogP contribution in [0.15, 0.2) is 71.0 Å². The Hall–Kier alpha value is -3.59. The normalized spacial score (nSPS) is 13.9. The summed E-state index contributed by atoms with van der Waals surface area (Å²) in [6.07, 6.45) is 8.17. The first-order valence-electron chi connectivity index (χ1n) is 11.8. The van der Waals surface area contributed by atoms with Crippen molar-refractivity contribution in [2.45, 2.75) is 50.2 Å². The maximum Gasteiger partial charge on any atom is 0.236 e. The molecule has 9 heteroatoms. The number of anilines is 1. The molecule has 1 aromatic carbocycles. The molecule has 180 valence electrons. The fourth-order valence-corrected chi connectivity index (χ4v) is 5.24. The highest BCUT2D eigenvalue weighted by molar-refractivity contribution is 7.99. The van der Waals surface area contributed by atoms with E-state index in [0.29, 0.717) is 29.3 Å². The van der Waals surface area contributed by atoms with Crippen molar-refractivity contribution in [3.05, 3.63) is 72.8 Å². The quantitative estimate of drug-likeness (QED) is 0.243. The average molecular weight is 489 g/mol. The predicted octanol–water partition coefficient (Wildman–Crippen LogP) is 5.61. The third-order valence-electron chi connectivity index (χ3n) is 6.23. The number of hydrogen-bond acceptors (Lipinski definition) is 6. The molecule has 1 fully saturated rings. The molecule has 5 rings (SSSR count). The number of para-hydroxylation sites is 1. The predicted molar refractivity (Wildman–Crippen MR) is 137 cm³/mol. The van der Waals surface area contributed by atoms with Crippen molar-refractivity contribution in [1.29, 1.82) is 0 Å². The second-order valence-corrected chi connectivity index (χ2v) is 9.56. The lowest BCUT2D eigenvalue weighted by Crippen LogP contribution is -2.17. The molecule has 1 aliphatic rings. The minimum Gasteiger partial charge on any atom is -0.469 e. The van der Waals surface area contributed by atoms with Gasteiger partial charge < -0.3 is 9.73 Å². The number of benzene rings is 1. The molecule has 0 bridgehead atoms.